The highest BCUT2D eigenvalue weighted by molar-refractivity contribution is 5.66. The molecule has 0 radical (unpaired) electrons. The van der Waals surface area contributed by atoms with Crippen LogP contribution in [0.5, 0.6) is 0 Å². The Labute approximate surface area is 158 Å². The molecule has 27 heavy (non-hydrogen) atoms. The van der Waals surface area contributed by atoms with Crippen LogP contribution in [0, 0.1) is 5.92 Å². The number of hydrogen-bond acceptors (Lipinski definition) is 2. The monoisotopic (exact) mass is 372 g/mol. The smallest absolute Gasteiger partial charge is 0.255 e. The van der Waals surface area contributed by atoms with Gasteiger partial charge in [0.1, 0.15) is 0 Å². The van der Waals surface area contributed by atoms with Crippen LogP contribution >= 0.6 is 0 Å². The molecule has 0 saturated carbocycles. The predicted octanol–water partition coefficient (Wildman–Crippen LogP) is 6.64. The highest BCUT2D eigenvalue weighted by atomic mass is 19.4. The van der Waals surface area contributed by atoms with Gasteiger partial charge in [-0.1, -0.05) is 43.4 Å². The third kappa shape index (κ3) is 7.21. The Morgan fingerprint density at radius 3 is 2.48 bits per heavy atom. The van der Waals surface area contributed by atoms with Crippen molar-refractivity contribution in [2.24, 2.45) is 5.92 Å². The molecule has 0 saturated heterocycles. The zero-order valence-corrected chi connectivity index (χ0v) is 15.5. The highest BCUT2D eigenvalue weighted by Gasteiger charge is 2.28. The van der Waals surface area contributed by atoms with Crippen LogP contribution in [0.25, 0.3) is 17.0 Å². The van der Waals surface area contributed by atoms with E-state index >= 15 is 0 Å². The van der Waals surface area contributed by atoms with Crippen LogP contribution in [-0.4, -0.2) is 16.1 Å². The summed E-state index contributed by atoms with van der Waals surface area (Å²) < 4.78 is 35.7. The second kappa shape index (κ2) is 9.31. The largest absolute Gasteiger partial charge is 0.393 e. The van der Waals surface area contributed by atoms with Crippen LogP contribution in [-0.2, 0) is 0 Å². The van der Waals surface area contributed by atoms with Crippen molar-refractivity contribution in [1.82, 2.24) is 9.97 Å². The van der Waals surface area contributed by atoms with Crippen LogP contribution in [0.2, 0.25) is 0 Å². The maximum Gasteiger partial charge on any atom is 0.393 e. The lowest BCUT2D eigenvalue weighted by molar-refractivity contribution is -0.126. The maximum absolute atomic E-state index is 11.9. The van der Waals surface area contributed by atoms with E-state index in [1.807, 2.05) is 44.2 Å². The van der Waals surface area contributed by atoms with Crippen molar-refractivity contribution >= 4 is 5.57 Å². The Bertz CT molecular complexity index is 821. The average molecular weight is 372 g/mol. The fraction of sp³-hybridized carbons (Fsp3) is 0.273. The van der Waals surface area contributed by atoms with Gasteiger partial charge in [-0.2, -0.15) is 13.2 Å². The fourth-order valence-electron chi connectivity index (χ4n) is 2.62. The zero-order chi connectivity index (χ0) is 19.9. The Morgan fingerprint density at radius 1 is 1.15 bits per heavy atom. The second-order valence-corrected chi connectivity index (χ2v) is 6.57. The molecule has 1 aliphatic carbocycles. The summed E-state index contributed by atoms with van der Waals surface area (Å²) in [5.74, 6) is 0.243. The second-order valence-electron chi connectivity index (χ2n) is 6.57. The summed E-state index contributed by atoms with van der Waals surface area (Å²) in [6, 6.07) is 9.76. The SMILES string of the molecule is C=C(C)c1ccnc(-c2ccccn2)c1.CC1C=C(CC(F)(F)F)C=CC1. The first-order valence-corrected chi connectivity index (χ1v) is 8.72. The molecular weight excluding hydrogens is 349 g/mol. The van der Waals surface area contributed by atoms with Gasteiger partial charge < -0.3 is 0 Å². The summed E-state index contributed by atoms with van der Waals surface area (Å²) >= 11 is 0. The average Bonchev–Trinajstić information content (AvgIpc) is 2.62. The molecule has 2 heterocycles. The van der Waals surface area contributed by atoms with Gasteiger partial charge in [0.15, 0.2) is 0 Å². The maximum atomic E-state index is 11.9. The number of allylic oxidation sites excluding steroid dienone is 5. The van der Waals surface area contributed by atoms with Crippen molar-refractivity contribution in [1.29, 1.82) is 0 Å². The van der Waals surface area contributed by atoms with Gasteiger partial charge in [-0.05, 0) is 54.7 Å². The van der Waals surface area contributed by atoms with Gasteiger partial charge >= 0.3 is 6.18 Å². The molecule has 2 aromatic rings. The Hall–Kier alpha value is -2.69. The Morgan fingerprint density at radius 2 is 1.89 bits per heavy atom. The summed E-state index contributed by atoms with van der Waals surface area (Å²) in [7, 11) is 0. The summed E-state index contributed by atoms with van der Waals surface area (Å²) in [6.07, 6.45) is 4.58. The molecule has 3 rings (SSSR count). The molecule has 1 aliphatic rings. The van der Waals surface area contributed by atoms with Crippen molar-refractivity contribution in [3.8, 4) is 11.4 Å². The van der Waals surface area contributed by atoms with E-state index in [0.29, 0.717) is 5.57 Å². The minimum Gasteiger partial charge on any atom is -0.255 e. The van der Waals surface area contributed by atoms with Crippen LogP contribution in [0.3, 0.4) is 0 Å². The quantitative estimate of drug-likeness (QED) is 0.604. The molecular formula is C22H23F3N2. The topological polar surface area (TPSA) is 25.8 Å². The standard InChI is InChI=1S/C13H12N2.C9H11F3/c1-10(2)11-6-8-15-13(9-11)12-5-3-4-7-14-12;1-7-3-2-4-8(5-7)6-9(10,11)12/h3-9H,1H2,2H3;2,4-5,7H,3,6H2,1H3. The molecule has 0 fully saturated rings. The van der Waals surface area contributed by atoms with Gasteiger partial charge in [0.2, 0.25) is 0 Å². The number of nitrogens with zero attached hydrogens (tertiary/aromatic N) is 2. The first kappa shape index (κ1) is 20.6. The van der Waals surface area contributed by atoms with E-state index in [1.165, 1.54) is 0 Å². The number of hydrogen-bond donors (Lipinski definition) is 0. The van der Waals surface area contributed by atoms with E-state index in [4.69, 9.17) is 0 Å². The minimum atomic E-state index is -4.08. The van der Waals surface area contributed by atoms with Crippen LogP contribution in [0.4, 0.5) is 13.2 Å². The summed E-state index contributed by atoms with van der Waals surface area (Å²) in [5, 5.41) is 0. The van der Waals surface area contributed by atoms with E-state index in [-0.39, 0.29) is 5.92 Å². The van der Waals surface area contributed by atoms with Crippen LogP contribution in [0.1, 0.15) is 32.3 Å². The first-order valence-electron chi connectivity index (χ1n) is 8.72. The molecule has 0 bridgehead atoms. The van der Waals surface area contributed by atoms with Crippen molar-refractivity contribution in [2.45, 2.75) is 32.9 Å². The molecule has 0 aromatic carbocycles. The predicted molar refractivity (Wildman–Crippen MR) is 104 cm³/mol. The molecule has 1 unspecified atom stereocenters. The van der Waals surface area contributed by atoms with E-state index in [2.05, 4.69) is 16.5 Å². The summed E-state index contributed by atoms with van der Waals surface area (Å²) in [6.45, 7) is 7.81. The zero-order valence-electron chi connectivity index (χ0n) is 15.5. The molecule has 2 aromatic heterocycles. The molecule has 0 aliphatic heterocycles. The van der Waals surface area contributed by atoms with E-state index in [0.717, 1.165) is 28.9 Å². The third-order valence-electron chi connectivity index (χ3n) is 3.92. The van der Waals surface area contributed by atoms with E-state index in [9.17, 15) is 13.2 Å². The Balaban J connectivity index is 0.000000199. The lowest BCUT2D eigenvalue weighted by atomic mass is 9.96. The van der Waals surface area contributed by atoms with E-state index < -0.39 is 12.6 Å². The minimum absolute atomic E-state index is 0.243. The van der Waals surface area contributed by atoms with Crippen LogP contribution < -0.4 is 0 Å². The lowest BCUT2D eigenvalue weighted by Crippen LogP contribution is -2.09. The molecule has 5 heteroatoms. The highest BCUT2D eigenvalue weighted by Crippen LogP contribution is 2.28. The fourth-order valence-corrected chi connectivity index (χ4v) is 2.62. The third-order valence-corrected chi connectivity index (χ3v) is 3.92. The van der Waals surface area contributed by atoms with E-state index in [1.54, 1.807) is 30.6 Å². The van der Waals surface area contributed by atoms with Gasteiger partial charge in [-0.25, -0.2) is 0 Å². The van der Waals surface area contributed by atoms with Gasteiger partial charge in [-0.15, -0.1) is 0 Å². The number of aromatic nitrogens is 2. The van der Waals surface area contributed by atoms with Crippen molar-refractivity contribution in [3.63, 3.8) is 0 Å². The molecule has 2 nitrogen and oxygen atoms in total. The molecule has 0 amide bonds. The van der Waals surface area contributed by atoms with Crippen LogP contribution in [0.15, 0.2) is 73.1 Å². The Kier molecular flexibility index (Phi) is 7.11. The van der Waals surface area contributed by atoms with Gasteiger partial charge in [0.05, 0.1) is 17.8 Å². The molecule has 0 spiro atoms. The molecule has 1 atom stereocenters. The van der Waals surface area contributed by atoms with Crippen molar-refractivity contribution < 1.29 is 13.2 Å². The number of rotatable bonds is 3. The lowest BCUT2D eigenvalue weighted by Gasteiger charge is -2.13. The number of pyridine rings is 2. The number of halogens is 3. The first-order chi connectivity index (χ1) is 12.7. The summed E-state index contributed by atoms with van der Waals surface area (Å²) in [5.41, 5.74) is 4.30. The van der Waals surface area contributed by atoms with Crippen molar-refractivity contribution in [3.05, 3.63) is 78.7 Å². The molecule has 0 N–H and O–H groups in total. The molecule has 142 valence electrons. The van der Waals surface area contributed by atoms with Gasteiger partial charge in [-0.3, -0.25) is 9.97 Å². The van der Waals surface area contributed by atoms with Gasteiger partial charge in [0, 0.05) is 12.4 Å². The summed E-state index contributed by atoms with van der Waals surface area (Å²) in [4.78, 5) is 8.55. The number of alkyl halides is 3. The normalized spacial score (nSPS) is 16.2. The van der Waals surface area contributed by atoms with Gasteiger partial charge in [0.25, 0.3) is 0 Å². The van der Waals surface area contributed by atoms with Crippen molar-refractivity contribution in [2.75, 3.05) is 0 Å².